The summed E-state index contributed by atoms with van der Waals surface area (Å²) in [5.41, 5.74) is -1.46. The minimum Gasteiger partial charge on any atom is -0.438 e. The molecule has 2 atom stereocenters. The Balaban J connectivity index is 1.42. The maximum absolute atomic E-state index is 12.7. The van der Waals surface area contributed by atoms with Crippen molar-refractivity contribution in [3.05, 3.63) is 18.4 Å². The molecule has 3 fully saturated rings. The molecule has 2 amide bonds. The molecule has 1 aromatic rings. The summed E-state index contributed by atoms with van der Waals surface area (Å²) in [4.78, 5) is 30.6. The summed E-state index contributed by atoms with van der Waals surface area (Å²) < 4.78 is 11.2. The molecule has 1 saturated carbocycles. The van der Waals surface area contributed by atoms with Crippen LogP contribution in [-0.4, -0.2) is 63.7 Å². The van der Waals surface area contributed by atoms with E-state index in [4.69, 9.17) is 9.15 Å². The molecule has 3 aliphatic rings. The highest BCUT2D eigenvalue weighted by Crippen LogP contribution is 2.40. The van der Waals surface area contributed by atoms with Crippen molar-refractivity contribution in [1.82, 2.24) is 15.2 Å². The fourth-order valence-electron chi connectivity index (χ4n) is 4.95. The van der Waals surface area contributed by atoms with E-state index in [-0.39, 0.29) is 23.5 Å². The molecular weight excluding hydrogens is 362 g/mol. The van der Waals surface area contributed by atoms with Gasteiger partial charge in [-0.1, -0.05) is 12.8 Å². The summed E-state index contributed by atoms with van der Waals surface area (Å²) in [6, 6.07) is 0. The lowest BCUT2D eigenvalue weighted by Crippen LogP contribution is -2.69. The number of carbonyl (C=O) groups excluding carboxylic acids is 2. The van der Waals surface area contributed by atoms with Gasteiger partial charge < -0.3 is 24.5 Å². The third-order valence-corrected chi connectivity index (χ3v) is 6.79. The number of rotatable bonds is 3. The minimum atomic E-state index is -0.818. The number of nitrogens with zero attached hydrogens (tertiary/aromatic N) is 2. The summed E-state index contributed by atoms with van der Waals surface area (Å²) in [6.45, 7) is 3.32. The molecule has 154 valence electrons. The molecule has 1 spiro atoms. The molecule has 8 nitrogen and oxygen atoms in total. The van der Waals surface area contributed by atoms with Crippen molar-refractivity contribution in [1.29, 1.82) is 0 Å². The highest BCUT2D eigenvalue weighted by atomic mass is 16.5. The standard InChI is InChI=1S/C20H29N3O5/c1-19(22-16(24)14-4-2-3-5-14)8-11-28-20(18(19)26)6-9-23(10-7-20)17(25)15-12-21-13-27-15/h12-14,18,26H,2-11H2,1H3,(H,22,24)/t18-,19+/m1/s1. The average Bonchev–Trinajstić information content (AvgIpc) is 3.40. The largest absolute Gasteiger partial charge is 0.438 e. The van der Waals surface area contributed by atoms with E-state index in [0.717, 1.165) is 25.7 Å². The first-order valence-electron chi connectivity index (χ1n) is 10.3. The van der Waals surface area contributed by atoms with Gasteiger partial charge in [-0.05, 0) is 39.0 Å². The second-order valence-corrected chi connectivity index (χ2v) is 8.61. The molecule has 28 heavy (non-hydrogen) atoms. The number of oxazole rings is 1. The number of carbonyl (C=O) groups is 2. The van der Waals surface area contributed by atoms with E-state index < -0.39 is 17.2 Å². The average molecular weight is 391 g/mol. The van der Waals surface area contributed by atoms with E-state index in [1.165, 1.54) is 12.6 Å². The van der Waals surface area contributed by atoms with E-state index in [2.05, 4.69) is 10.3 Å². The van der Waals surface area contributed by atoms with E-state index >= 15 is 0 Å². The number of aromatic nitrogens is 1. The van der Waals surface area contributed by atoms with Crippen molar-refractivity contribution in [3.63, 3.8) is 0 Å². The van der Waals surface area contributed by atoms with Crippen LogP contribution in [0.2, 0.25) is 0 Å². The summed E-state index contributed by atoms with van der Waals surface area (Å²) in [5, 5.41) is 14.4. The van der Waals surface area contributed by atoms with E-state index in [0.29, 0.717) is 39.0 Å². The number of aliphatic hydroxyl groups is 1. The van der Waals surface area contributed by atoms with Crippen molar-refractivity contribution in [2.45, 2.75) is 69.1 Å². The molecule has 2 saturated heterocycles. The summed E-state index contributed by atoms with van der Waals surface area (Å²) in [5.74, 6) is 0.128. The van der Waals surface area contributed by atoms with Gasteiger partial charge in [-0.2, -0.15) is 0 Å². The first-order valence-corrected chi connectivity index (χ1v) is 10.3. The lowest BCUT2D eigenvalue weighted by atomic mass is 9.73. The lowest BCUT2D eigenvalue weighted by molar-refractivity contribution is -0.206. The fourth-order valence-corrected chi connectivity index (χ4v) is 4.95. The smallest absolute Gasteiger partial charge is 0.291 e. The zero-order valence-electron chi connectivity index (χ0n) is 16.4. The van der Waals surface area contributed by atoms with E-state index in [1.807, 2.05) is 6.92 Å². The number of aliphatic hydroxyl groups excluding tert-OH is 1. The van der Waals surface area contributed by atoms with Crippen LogP contribution in [0.25, 0.3) is 0 Å². The molecule has 0 aromatic carbocycles. The van der Waals surface area contributed by atoms with Crippen molar-refractivity contribution in [2.24, 2.45) is 5.92 Å². The van der Waals surface area contributed by atoms with E-state index in [1.54, 1.807) is 4.90 Å². The summed E-state index contributed by atoms with van der Waals surface area (Å²) >= 11 is 0. The van der Waals surface area contributed by atoms with Gasteiger partial charge in [0.05, 0.1) is 17.3 Å². The predicted molar refractivity (Wildman–Crippen MR) is 99.5 cm³/mol. The van der Waals surface area contributed by atoms with Gasteiger partial charge in [-0.3, -0.25) is 9.59 Å². The first kappa shape index (κ1) is 19.4. The molecular formula is C20H29N3O5. The SMILES string of the molecule is C[C@]1(NC(=O)C2CCCC2)CCOC2(CCN(C(=O)c3cnco3)CC2)[C@@H]1O. The van der Waals surface area contributed by atoms with Crippen molar-refractivity contribution < 1.29 is 23.8 Å². The fraction of sp³-hybridized carbons (Fsp3) is 0.750. The van der Waals surface area contributed by atoms with Crippen LogP contribution in [0.1, 0.15) is 62.4 Å². The number of piperidine rings is 1. The highest BCUT2D eigenvalue weighted by molar-refractivity contribution is 5.91. The Hall–Kier alpha value is -1.93. The van der Waals surface area contributed by atoms with Gasteiger partial charge in [-0.25, -0.2) is 4.98 Å². The second kappa shape index (κ2) is 7.48. The van der Waals surface area contributed by atoms with Gasteiger partial charge in [0.2, 0.25) is 11.7 Å². The molecule has 0 bridgehead atoms. The van der Waals surface area contributed by atoms with Crippen LogP contribution >= 0.6 is 0 Å². The van der Waals surface area contributed by atoms with Gasteiger partial charge in [0.1, 0.15) is 6.10 Å². The summed E-state index contributed by atoms with van der Waals surface area (Å²) in [6.07, 6.45) is 7.50. The predicted octanol–water partition coefficient (Wildman–Crippen LogP) is 1.50. The number of ether oxygens (including phenoxy) is 1. The number of hydrogen-bond donors (Lipinski definition) is 2. The molecule has 0 unspecified atom stereocenters. The Morgan fingerprint density at radius 3 is 2.61 bits per heavy atom. The minimum absolute atomic E-state index is 0.0500. The maximum Gasteiger partial charge on any atom is 0.291 e. The molecule has 4 rings (SSSR count). The van der Waals surface area contributed by atoms with Gasteiger partial charge in [0.15, 0.2) is 6.39 Å². The van der Waals surface area contributed by atoms with Crippen LogP contribution in [0.3, 0.4) is 0 Å². The Morgan fingerprint density at radius 2 is 1.96 bits per heavy atom. The van der Waals surface area contributed by atoms with E-state index in [9.17, 15) is 14.7 Å². The van der Waals surface area contributed by atoms with Crippen molar-refractivity contribution in [3.8, 4) is 0 Å². The molecule has 8 heteroatoms. The van der Waals surface area contributed by atoms with Gasteiger partial charge in [-0.15, -0.1) is 0 Å². The lowest BCUT2D eigenvalue weighted by Gasteiger charge is -2.53. The van der Waals surface area contributed by atoms with Gasteiger partial charge in [0.25, 0.3) is 5.91 Å². The van der Waals surface area contributed by atoms with Crippen molar-refractivity contribution in [2.75, 3.05) is 19.7 Å². The number of nitrogens with one attached hydrogen (secondary N) is 1. The third-order valence-electron chi connectivity index (χ3n) is 6.79. The van der Waals surface area contributed by atoms with Crippen molar-refractivity contribution >= 4 is 11.8 Å². The number of amides is 2. The first-order chi connectivity index (χ1) is 13.4. The highest BCUT2D eigenvalue weighted by Gasteiger charge is 2.54. The molecule has 3 heterocycles. The quantitative estimate of drug-likeness (QED) is 0.809. The Bertz CT molecular complexity index is 707. The molecule has 2 N–H and O–H groups in total. The van der Waals surface area contributed by atoms with Crippen LogP contribution in [-0.2, 0) is 9.53 Å². The molecule has 0 radical (unpaired) electrons. The Labute approximate surface area is 164 Å². The van der Waals surface area contributed by atoms with Crippen LogP contribution < -0.4 is 5.32 Å². The van der Waals surface area contributed by atoms with Gasteiger partial charge in [0, 0.05) is 25.6 Å². The second-order valence-electron chi connectivity index (χ2n) is 8.61. The monoisotopic (exact) mass is 391 g/mol. The number of hydrogen-bond acceptors (Lipinski definition) is 6. The van der Waals surface area contributed by atoms with Crippen LogP contribution in [0, 0.1) is 5.92 Å². The topological polar surface area (TPSA) is 105 Å². The third kappa shape index (κ3) is 3.43. The Morgan fingerprint density at radius 1 is 1.25 bits per heavy atom. The van der Waals surface area contributed by atoms with Crippen LogP contribution in [0.15, 0.2) is 17.0 Å². The molecule has 1 aromatic heterocycles. The summed E-state index contributed by atoms with van der Waals surface area (Å²) in [7, 11) is 0. The number of likely N-dealkylation sites (tertiary alicyclic amines) is 1. The Kier molecular flexibility index (Phi) is 5.18. The van der Waals surface area contributed by atoms with Crippen LogP contribution in [0.5, 0.6) is 0 Å². The zero-order chi connectivity index (χ0) is 19.8. The van der Waals surface area contributed by atoms with Crippen LogP contribution in [0.4, 0.5) is 0 Å². The normalized spacial score (nSPS) is 30.5. The molecule has 2 aliphatic heterocycles. The maximum atomic E-state index is 12.7. The van der Waals surface area contributed by atoms with Gasteiger partial charge >= 0.3 is 0 Å². The zero-order valence-corrected chi connectivity index (χ0v) is 16.4. The molecule has 1 aliphatic carbocycles.